The van der Waals surface area contributed by atoms with E-state index in [0.717, 1.165) is 48.7 Å². The summed E-state index contributed by atoms with van der Waals surface area (Å²) in [6.07, 6.45) is 0.343. The van der Waals surface area contributed by atoms with Crippen molar-refractivity contribution in [2.45, 2.75) is 32.0 Å². The molecule has 4 aromatic rings. The van der Waals surface area contributed by atoms with Gasteiger partial charge in [-0.05, 0) is 47.9 Å². The van der Waals surface area contributed by atoms with Crippen LogP contribution in [0.5, 0.6) is 0 Å². The van der Waals surface area contributed by atoms with Crippen LogP contribution < -0.4 is 21.1 Å². The first kappa shape index (κ1) is 28.3. The molecule has 43 heavy (non-hydrogen) atoms. The fourth-order valence-electron chi connectivity index (χ4n) is 5.56. The Morgan fingerprint density at radius 2 is 1.77 bits per heavy atom. The van der Waals surface area contributed by atoms with E-state index in [4.69, 9.17) is 16.9 Å². The molecule has 1 aromatic heterocycles. The second-order valence-corrected chi connectivity index (χ2v) is 11.1. The lowest BCUT2D eigenvalue weighted by Gasteiger charge is -2.36. The number of carbonyl (C=O) groups is 2. The topological polar surface area (TPSA) is 136 Å². The van der Waals surface area contributed by atoms with Gasteiger partial charge in [-0.25, -0.2) is 0 Å². The quantitative estimate of drug-likeness (QED) is 0.308. The fraction of sp³-hybridized carbons (Fsp3) is 0.290. The van der Waals surface area contributed by atoms with Crippen molar-refractivity contribution in [2.24, 2.45) is 0 Å². The van der Waals surface area contributed by atoms with E-state index in [9.17, 15) is 14.4 Å². The number of halogens is 1. The molecular formula is C31H29ClN8O3. The number of benzene rings is 3. The maximum atomic E-state index is 13.4. The number of hydrogen-bond donors (Lipinski definition) is 2. The zero-order valence-electron chi connectivity index (χ0n) is 23.3. The van der Waals surface area contributed by atoms with Crippen LogP contribution in [0.2, 0.25) is 5.02 Å². The Morgan fingerprint density at radius 1 is 1.00 bits per heavy atom. The molecular weight excluding hydrogens is 568 g/mol. The van der Waals surface area contributed by atoms with Crippen LogP contribution in [0.25, 0.3) is 10.9 Å². The van der Waals surface area contributed by atoms with Gasteiger partial charge in [-0.1, -0.05) is 47.1 Å². The highest BCUT2D eigenvalue weighted by Gasteiger charge is 2.30. The van der Waals surface area contributed by atoms with E-state index in [-0.39, 0.29) is 18.7 Å². The minimum atomic E-state index is -0.876. The largest absolute Gasteiger partial charge is 0.380 e. The van der Waals surface area contributed by atoms with Crippen molar-refractivity contribution in [1.29, 1.82) is 5.26 Å². The van der Waals surface area contributed by atoms with Crippen LogP contribution in [0.1, 0.15) is 35.6 Å². The lowest BCUT2D eigenvalue weighted by molar-refractivity contribution is -0.136. The van der Waals surface area contributed by atoms with E-state index in [1.54, 1.807) is 30.3 Å². The van der Waals surface area contributed by atoms with E-state index in [1.807, 2.05) is 6.07 Å². The summed E-state index contributed by atoms with van der Waals surface area (Å²) < 4.78 is 1.07. The summed E-state index contributed by atoms with van der Waals surface area (Å²) in [5.74, 6) is -0.904. The molecule has 1 atom stereocenters. The first-order valence-electron chi connectivity index (χ1n) is 14.1. The summed E-state index contributed by atoms with van der Waals surface area (Å²) in [5.41, 5.74) is 4.38. The summed E-state index contributed by atoms with van der Waals surface area (Å²) in [6, 6.07) is 20.4. The second-order valence-electron chi connectivity index (χ2n) is 10.7. The van der Waals surface area contributed by atoms with Crippen molar-refractivity contribution in [3.8, 4) is 6.07 Å². The monoisotopic (exact) mass is 596 g/mol. The first-order valence-corrected chi connectivity index (χ1v) is 14.5. The molecule has 3 heterocycles. The van der Waals surface area contributed by atoms with Gasteiger partial charge in [0.1, 0.15) is 11.6 Å². The minimum Gasteiger partial charge on any atom is -0.380 e. The number of fused-ring (bicyclic) bond motifs is 1. The Kier molecular flexibility index (Phi) is 8.05. The third-order valence-electron chi connectivity index (χ3n) is 7.92. The van der Waals surface area contributed by atoms with Crippen molar-refractivity contribution in [1.82, 2.24) is 25.2 Å². The number of piperidine rings is 1. The molecule has 2 N–H and O–H groups in total. The highest BCUT2D eigenvalue weighted by atomic mass is 35.5. The fourth-order valence-corrected chi connectivity index (χ4v) is 5.86. The van der Waals surface area contributed by atoms with Gasteiger partial charge in [0.2, 0.25) is 5.91 Å². The molecule has 11 nitrogen and oxygen atoms in total. The molecule has 218 valence electrons. The number of imide groups is 1. The van der Waals surface area contributed by atoms with Gasteiger partial charge in [-0.2, -0.15) is 9.94 Å². The average Bonchev–Trinajstić information content (AvgIpc) is 3.02. The maximum absolute atomic E-state index is 13.4. The van der Waals surface area contributed by atoms with Crippen molar-refractivity contribution in [2.75, 3.05) is 36.4 Å². The average molecular weight is 597 g/mol. The van der Waals surface area contributed by atoms with E-state index >= 15 is 0 Å². The number of nitrogens with zero attached hydrogens (tertiary/aromatic N) is 6. The molecule has 0 spiro atoms. The van der Waals surface area contributed by atoms with Crippen molar-refractivity contribution < 1.29 is 9.59 Å². The number of nitrogens with one attached hydrogen (secondary N) is 2. The van der Waals surface area contributed by atoms with E-state index in [1.165, 1.54) is 5.56 Å². The maximum Gasteiger partial charge on any atom is 0.280 e. The van der Waals surface area contributed by atoms with Crippen molar-refractivity contribution >= 4 is 45.7 Å². The number of nitriles is 1. The Balaban J connectivity index is 1.08. The molecule has 6 rings (SSSR count). The van der Waals surface area contributed by atoms with Crippen LogP contribution in [0.15, 0.2) is 65.5 Å². The van der Waals surface area contributed by atoms with Crippen LogP contribution in [-0.2, 0) is 22.7 Å². The summed E-state index contributed by atoms with van der Waals surface area (Å²) in [4.78, 5) is 42.0. The minimum absolute atomic E-state index is 0.141. The van der Waals surface area contributed by atoms with Crippen LogP contribution in [0.3, 0.4) is 0 Å². The molecule has 3 aromatic carbocycles. The lowest BCUT2D eigenvalue weighted by Crippen LogP contribution is -2.46. The second kappa shape index (κ2) is 12.2. The predicted molar refractivity (Wildman–Crippen MR) is 163 cm³/mol. The van der Waals surface area contributed by atoms with Crippen LogP contribution in [-0.4, -0.2) is 57.9 Å². The van der Waals surface area contributed by atoms with Gasteiger partial charge in [0, 0.05) is 51.4 Å². The van der Waals surface area contributed by atoms with Crippen LogP contribution in [0, 0.1) is 11.3 Å². The van der Waals surface area contributed by atoms with Gasteiger partial charge < -0.3 is 10.2 Å². The highest BCUT2D eigenvalue weighted by Crippen LogP contribution is 2.28. The lowest BCUT2D eigenvalue weighted by atomic mass is 10.1. The molecule has 0 aliphatic carbocycles. The summed E-state index contributed by atoms with van der Waals surface area (Å²) in [5, 5.41) is 23.8. The van der Waals surface area contributed by atoms with Crippen LogP contribution >= 0.6 is 11.6 Å². The third kappa shape index (κ3) is 6.07. The Hall–Kier alpha value is -4.79. The normalized spacial score (nSPS) is 17.5. The SMILES string of the molecule is N#Cc1ccc(N2CCN(Cc3ccc(CNc4cccc5nnn(C6CCC(=O)NC6=O)c(=O)c45)cc3)CC2)c(Cl)c1. The summed E-state index contributed by atoms with van der Waals surface area (Å²) >= 11 is 6.41. The molecule has 0 bridgehead atoms. The van der Waals surface area contributed by atoms with Crippen LogP contribution in [0.4, 0.5) is 11.4 Å². The van der Waals surface area contributed by atoms with Gasteiger partial charge in [-0.15, -0.1) is 5.10 Å². The highest BCUT2D eigenvalue weighted by molar-refractivity contribution is 6.33. The first-order chi connectivity index (χ1) is 20.9. The number of piperazine rings is 1. The Bertz CT molecular complexity index is 1790. The summed E-state index contributed by atoms with van der Waals surface area (Å²) in [7, 11) is 0. The van der Waals surface area contributed by atoms with Gasteiger partial charge in [-0.3, -0.25) is 24.6 Å². The molecule has 2 fully saturated rings. The van der Waals surface area contributed by atoms with Crippen molar-refractivity contribution in [3.63, 3.8) is 0 Å². The predicted octanol–water partition coefficient (Wildman–Crippen LogP) is 3.23. The molecule has 0 radical (unpaired) electrons. The van der Waals surface area contributed by atoms with E-state index < -0.39 is 17.5 Å². The van der Waals surface area contributed by atoms with Crippen molar-refractivity contribution in [3.05, 3.63) is 92.7 Å². The van der Waals surface area contributed by atoms with Gasteiger partial charge in [0.25, 0.3) is 11.5 Å². The number of rotatable bonds is 7. The molecule has 2 saturated heterocycles. The number of carbonyl (C=O) groups excluding carboxylic acids is 2. The zero-order chi connectivity index (χ0) is 29.9. The molecule has 2 aliphatic heterocycles. The summed E-state index contributed by atoms with van der Waals surface area (Å²) in [6.45, 7) is 4.84. The number of amides is 2. The van der Waals surface area contributed by atoms with Gasteiger partial charge in [0.15, 0.2) is 0 Å². The standard InChI is InChI=1S/C31H29ClN8O3/c32-23-16-22(17-33)8-9-26(23)39-14-12-38(13-15-39)19-21-6-4-20(5-7-21)18-34-24-2-1-3-25-29(24)31(43)40(37-36-25)27-10-11-28(41)35-30(27)42/h1-9,16,27,34H,10-15,18-19H2,(H,35,41,42). The number of aromatic nitrogens is 3. The Morgan fingerprint density at radius 3 is 2.49 bits per heavy atom. The van der Waals surface area contributed by atoms with Gasteiger partial charge >= 0.3 is 0 Å². The van der Waals surface area contributed by atoms with E-state index in [2.05, 4.69) is 61.1 Å². The smallest absolute Gasteiger partial charge is 0.280 e. The molecule has 2 aliphatic rings. The molecule has 2 amide bonds. The molecule has 1 unspecified atom stereocenters. The van der Waals surface area contributed by atoms with Gasteiger partial charge in [0.05, 0.1) is 27.7 Å². The third-order valence-corrected chi connectivity index (χ3v) is 8.22. The number of hydrogen-bond acceptors (Lipinski definition) is 9. The number of anilines is 2. The van der Waals surface area contributed by atoms with E-state index in [0.29, 0.717) is 33.7 Å². The zero-order valence-corrected chi connectivity index (χ0v) is 24.0. The molecule has 0 saturated carbocycles. The molecule has 12 heteroatoms. The Labute approximate surface area is 252 Å².